The van der Waals surface area contributed by atoms with Gasteiger partial charge in [0.15, 0.2) is 5.65 Å². The van der Waals surface area contributed by atoms with Gasteiger partial charge in [-0.15, -0.1) is 0 Å². The normalized spacial score (nSPS) is 10.9. The Morgan fingerprint density at radius 1 is 1.62 bits per heavy atom. The van der Waals surface area contributed by atoms with E-state index < -0.39 is 5.97 Å². The van der Waals surface area contributed by atoms with Crippen LogP contribution in [-0.2, 0) is 6.42 Å². The number of aryl methyl sites for hydroxylation is 1. The van der Waals surface area contributed by atoms with E-state index in [-0.39, 0.29) is 11.2 Å². The van der Waals surface area contributed by atoms with Crippen LogP contribution < -0.4 is 0 Å². The van der Waals surface area contributed by atoms with E-state index in [9.17, 15) is 4.79 Å². The van der Waals surface area contributed by atoms with Crippen molar-refractivity contribution < 1.29 is 9.90 Å². The first-order valence-electron chi connectivity index (χ1n) is 4.82. The van der Waals surface area contributed by atoms with Gasteiger partial charge in [0.05, 0.1) is 6.20 Å². The quantitative estimate of drug-likeness (QED) is 0.814. The van der Waals surface area contributed by atoms with Crippen molar-refractivity contribution in [1.29, 1.82) is 0 Å². The van der Waals surface area contributed by atoms with Crippen LogP contribution >= 0.6 is 11.6 Å². The van der Waals surface area contributed by atoms with Crippen molar-refractivity contribution in [3.8, 4) is 0 Å². The van der Waals surface area contributed by atoms with E-state index in [1.807, 2.05) is 13.8 Å². The molecule has 0 unspecified atom stereocenters. The van der Waals surface area contributed by atoms with E-state index in [4.69, 9.17) is 16.7 Å². The lowest BCUT2D eigenvalue weighted by molar-refractivity contribution is 0.0699. The van der Waals surface area contributed by atoms with Crippen LogP contribution in [0.25, 0.3) is 5.65 Å². The number of carbonyl (C=O) groups is 1. The average Bonchev–Trinajstić information content (AvgIpc) is 2.62. The van der Waals surface area contributed by atoms with Crippen LogP contribution in [0.1, 0.15) is 28.5 Å². The highest BCUT2D eigenvalue weighted by molar-refractivity contribution is 6.30. The Bertz CT molecular complexity index is 577. The summed E-state index contributed by atoms with van der Waals surface area (Å²) < 4.78 is 1.51. The number of hydrogen-bond acceptors (Lipinski definition) is 3. The molecule has 0 atom stereocenters. The first-order chi connectivity index (χ1) is 7.56. The van der Waals surface area contributed by atoms with Crippen LogP contribution in [0.3, 0.4) is 0 Å². The minimum atomic E-state index is -1.05. The number of fused-ring (bicyclic) bond motifs is 1. The number of aromatic nitrogens is 3. The molecule has 2 aromatic rings. The zero-order valence-corrected chi connectivity index (χ0v) is 9.62. The molecule has 84 valence electrons. The first kappa shape index (κ1) is 10.9. The number of carboxylic acids is 1. The number of aromatic carboxylic acids is 1. The topological polar surface area (TPSA) is 67.5 Å². The van der Waals surface area contributed by atoms with Gasteiger partial charge in [0.1, 0.15) is 10.7 Å². The summed E-state index contributed by atoms with van der Waals surface area (Å²) in [6, 6.07) is 0. The van der Waals surface area contributed by atoms with Gasteiger partial charge in [-0.05, 0) is 13.3 Å². The minimum Gasteiger partial charge on any atom is -0.477 e. The molecule has 0 aliphatic carbocycles. The van der Waals surface area contributed by atoms with Crippen molar-refractivity contribution in [1.82, 2.24) is 14.6 Å². The van der Waals surface area contributed by atoms with Crippen molar-refractivity contribution in [2.24, 2.45) is 0 Å². The maximum Gasteiger partial charge on any atom is 0.341 e. The van der Waals surface area contributed by atoms with Gasteiger partial charge < -0.3 is 5.11 Å². The van der Waals surface area contributed by atoms with Gasteiger partial charge in [-0.1, -0.05) is 18.5 Å². The molecule has 0 fully saturated rings. The number of nitrogens with zero attached hydrogens (tertiary/aromatic N) is 3. The molecule has 5 nitrogen and oxygen atoms in total. The summed E-state index contributed by atoms with van der Waals surface area (Å²) in [7, 11) is 0. The highest BCUT2D eigenvalue weighted by Crippen LogP contribution is 2.21. The van der Waals surface area contributed by atoms with Crippen LogP contribution in [0.4, 0.5) is 0 Å². The summed E-state index contributed by atoms with van der Waals surface area (Å²) in [6.45, 7) is 3.81. The van der Waals surface area contributed by atoms with E-state index >= 15 is 0 Å². The molecule has 0 aliphatic rings. The molecule has 2 aromatic heterocycles. The molecule has 0 saturated carbocycles. The van der Waals surface area contributed by atoms with Gasteiger partial charge in [0, 0.05) is 11.3 Å². The fourth-order valence-corrected chi connectivity index (χ4v) is 2.04. The van der Waals surface area contributed by atoms with Gasteiger partial charge in [-0.25, -0.2) is 14.3 Å². The molecule has 0 bridgehead atoms. The Balaban J connectivity index is 2.84. The molecule has 0 aromatic carbocycles. The van der Waals surface area contributed by atoms with Gasteiger partial charge in [-0.2, -0.15) is 5.10 Å². The summed E-state index contributed by atoms with van der Waals surface area (Å²) >= 11 is 6.00. The minimum absolute atomic E-state index is 0.0626. The van der Waals surface area contributed by atoms with Crippen molar-refractivity contribution >= 4 is 23.2 Å². The summed E-state index contributed by atoms with van der Waals surface area (Å²) in [5.41, 5.74) is 2.05. The maximum absolute atomic E-state index is 10.9. The first-order valence-corrected chi connectivity index (χ1v) is 5.20. The lowest BCUT2D eigenvalue weighted by Crippen LogP contribution is -2.04. The zero-order valence-electron chi connectivity index (χ0n) is 8.86. The third-order valence-corrected chi connectivity index (χ3v) is 2.85. The van der Waals surface area contributed by atoms with Crippen LogP contribution in [0.15, 0.2) is 6.20 Å². The molecule has 2 heterocycles. The molecule has 16 heavy (non-hydrogen) atoms. The second-order valence-corrected chi connectivity index (χ2v) is 3.78. The molecular weight excluding hydrogens is 230 g/mol. The lowest BCUT2D eigenvalue weighted by atomic mass is 10.2. The predicted octanol–water partition coefficient (Wildman–Crippen LogP) is 1.95. The molecule has 0 saturated heterocycles. The van der Waals surface area contributed by atoms with E-state index in [1.54, 1.807) is 0 Å². The zero-order chi connectivity index (χ0) is 11.9. The number of hydrogen-bond donors (Lipinski definition) is 1. The predicted molar refractivity (Wildman–Crippen MR) is 59.1 cm³/mol. The smallest absolute Gasteiger partial charge is 0.341 e. The third kappa shape index (κ3) is 1.44. The van der Waals surface area contributed by atoms with Crippen LogP contribution in [0.5, 0.6) is 0 Å². The van der Waals surface area contributed by atoms with E-state index in [1.165, 1.54) is 10.7 Å². The third-order valence-electron chi connectivity index (χ3n) is 2.54. The Hall–Kier alpha value is -1.62. The largest absolute Gasteiger partial charge is 0.477 e. The number of carboxylic acid groups (broad SMARTS) is 1. The van der Waals surface area contributed by atoms with Crippen molar-refractivity contribution in [2.45, 2.75) is 20.3 Å². The van der Waals surface area contributed by atoms with E-state index in [0.717, 1.165) is 17.7 Å². The maximum atomic E-state index is 10.9. The average molecular weight is 240 g/mol. The van der Waals surface area contributed by atoms with Crippen molar-refractivity contribution in [2.75, 3.05) is 0 Å². The number of halogens is 1. The molecular formula is C10H10ClN3O2. The van der Waals surface area contributed by atoms with Gasteiger partial charge in [0.2, 0.25) is 0 Å². The summed E-state index contributed by atoms with van der Waals surface area (Å²) in [4.78, 5) is 15.0. The molecule has 6 heteroatoms. The van der Waals surface area contributed by atoms with Gasteiger partial charge in [-0.3, -0.25) is 0 Å². The molecule has 0 aliphatic heterocycles. The molecule has 0 amide bonds. The summed E-state index contributed by atoms with van der Waals surface area (Å²) in [6.07, 6.45) is 2.02. The van der Waals surface area contributed by atoms with Gasteiger partial charge in [0.25, 0.3) is 0 Å². The highest BCUT2D eigenvalue weighted by Gasteiger charge is 2.17. The fraction of sp³-hybridized carbons (Fsp3) is 0.300. The molecule has 0 radical (unpaired) electrons. The van der Waals surface area contributed by atoms with Crippen molar-refractivity contribution in [3.05, 3.63) is 28.2 Å². The van der Waals surface area contributed by atoms with Crippen molar-refractivity contribution in [3.63, 3.8) is 0 Å². The summed E-state index contributed by atoms with van der Waals surface area (Å²) in [5.74, 6) is -1.05. The van der Waals surface area contributed by atoms with E-state index in [0.29, 0.717) is 5.15 Å². The Labute approximate surface area is 96.7 Å². The monoisotopic (exact) mass is 239 g/mol. The fourth-order valence-electron chi connectivity index (χ4n) is 1.69. The molecule has 0 spiro atoms. The second kappa shape index (κ2) is 3.75. The second-order valence-electron chi connectivity index (χ2n) is 3.42. The highest BCUT2D eigenvalue weighted by atomic mass is 35.5. The van der Waals surface area contributed by atoms with Crippen LogP contribution in [-0.4, -0.2) is 25.7 Å². The van der Waals surface area contributed by atoms with E-state index in [2.05, 4.69) is 10.1 Å². The lowest BCUT2D eigenvalue weighted by Gasteiger charge is -2.07. The standard InChI is InChI=1S/C10H10ClN3O2/c1-3-6-5(2)14-9(13-8(6)11)7(4-12-14)10(15)16/h4H,3H2,1-2H3,(H,15,16). The Morgan fingerprint density at radius 2 is 2.31 bits per heavy atom. The molecule has 1 N–H and O–H groups in total. The Kier molecular flexibility index (Phi) is 2.55. The van der Waals surface area contributed by atoms with Gasteiger partial charge >= 0.3 is 5.97 Å². The van der Waals surface area contributed by atoms with Crippen LogP contribution in [0.2, 0.25) is 5.15 Å². The SMILES string of the molecule is CCc1c(Cl)nc2c(C(=O)O)cnn2c1C. The Morgan fingerprint density at radius 3 is 2.88 bits per heavy atom. The molecule has 2 rings (SSSR count). The number of rotatable bonds is 2. The van der Waals surface area contributed by atoms with Crippen LogP contribution in [0, 0.1) is 6.92 Å². The summed E-state index contributed by atoms with van der Waals surface area (Å²) in [5, 5.41) is 13.3.